The van der Waals surface area contributed by atoms with Crippen LogP contribution in [0.1, 0.15) is 26.5 Å². The van der Waals surface area contributed by atoms with Crippen LogP contribution in [0.3, 0.4) is 0 Å². The van der Waals surface area contributed by atoms with Crippen molar-refractivity contribution in [3.63, 3.8) is 0 Å². The van der Waals surface area contributed by atoms with E-state index >= 15 is 0 Å². The number of nitrogens with zero attached hydrogens (tertiary/aromatic N) is 6. The Labute approximate surface area is 189 Å². The van der Waals surface area contributed by atoms with Crippen LogP contribution in [0.2, 0.25) is 0 Å². The number of ether oxygens (including phenoxy) is 2. The molecule has 1 aliphatic heterocycles. The van der Waals surface area contributed by atoms with Crippen LogP contribution in [0.4, 0.5) is 16.3 Å². The van der Waals surface area contributed by atoms with Gasteiger partial charge in [-0.15, -0.1) is 0 Å². The fourth-order valence-electron chi connectivity index (χ4n) is 3.02. The second kappa shape index (κ2) is 10.6. The van der Waals surface area contributed by atoms with Crippen LogP contribution in [-0.2, 0) is 4.74 Å². The van der Waals surface area contributed by atoms with Crippen LogP contribution >= 0.6 is 11.8 Å². The number of carbonyl (C=O) groups excluding carboxylic acids is 1. The predicted octanol–water partition coefficient (Wildman–Crippen LogP) is 2.97. The molecule has 0 aromatic carbocycles. The van der Waals surface area contributed by atoms with Crippen molar-refractivity contribution in [3.8, 4) is 11.8 Å². The summed E-state index contributed by atoms with van der Waals surface area (Å²) in [4.78, 5) is 27.1. The number of pyridine rings is 1. The standard InChI is InChI=1S/C21H32N6O3S/c1-21(2,3)30-20(28)27-9-8-26(12-15(13-27)31-7)19-18(29-6)10-16(17(11-22)24-19)23-14-25(4)5/h10,14-15H,8-9,12-13H2,1-7H3. The van der Waals surface area contributed by atoms with Crippen molar-refractivity contribution >= 4 is 35.7 Å². The summed E-state index contributed by atoms with van der Waals surface area (Å²) in [5, 5.41) is 9.77. The van der Waals surface area contributed by atoms with Crippen molar-refractivity contribution in [3.05, 3.63) is 11.8 Å². The van der Waals surface area contributed by atoms with Gasteiger partial charge in [0.25, 0.3) is 0 Å². The van der Waals surface area contributed by atoms with Gasteiger partial charge < -0.3 is 24.2 Å². The number of carbonyl (C=O) groups is 1. The summed E-state index contributed by atoms with van der Waals surface area (Å²) in [7, 11) is 5.28. The summed E-state index contributed by atoms with van der Waals surface area (Å²) in [5.41, 5.74) is 0.124. The summed E-state index contributed by atoms with van der Waals surface area (Å²) >= 11 is 1.68. The van der Waals surface area contributed by atoms with Gasteiger partial charge in [-0.25, -0.2) is 14.8 Å². The van der Waals surface area contributed by atoms with Gasteiger partial charge in [-0.3, -0.25) is 0 Å². The van der Waals surface area contributed by atoms with E-state index in [-0.39, 0.29) is 17.0 Å². The lowest BCUT2D eigenvalue weighted by molar-refractivity contribution is 0.0265. The van der Waals surface area contributed by atoms with Crippen molar-refractivity contribution in [2.75, 3.05) is 58.5 Å². The average Bonchev–Trinajstić information content (AvgIpc) is 2.93. The Balaban J connectivity index is 2.34. The number of aliphatic imine (C=N–C) groups is 1. The van der Waals surface area contributed by atoms with Crippen LogP contribution in [0.15, 0.2) is 11.1 Å². The van der Waals surface area contributed by atoms with E-state index in [0.717, 1.165) is 0 Å². The van der Waals surface area contributed by atoms with E-state index < -0.39 is 5.60 Å². The van der Waals surface area contributed by atoms with Crippen LogP contribution in [0, 0.1) is 11.3 Å². The highest BCUT2D eigenvalue weighted by Crippen LogP contribution is 2.33. The molecule has 31 heavy (non-hydrogen) atoms. The first-order valence-corrected chi connectivity index (χ1v) is 11.3. The number of rotatable bonds is 5. The zero-order valence-electron chi connectivity index (χ0n) is 19.4. The van der Waals surface area contributed by atoms with Gasteiger partial charge in [0.15, 0.2) is 17.3 Å². The third kappa shape index (κ3) is 6.92. The van der Waals surface area contributed by atoms with E-state index in [2.05, 4.69) is 20.9 Å². The molecule has 10 heteroatoms. The first kappa shape index (κ1) is 24.6. The first-order chi connectivity index (χ1) is 14.6. The molecular formula is C21H32N6O3S. The molecule has 170 valence electrons. The molecule has 2 rings (SSSR count). The van der Waals surface area contributed by atoms with E-state index in [0.29, 0.717) is 43.4 Å². The summed E-state index contributed by atoms with van der Waals surface area (Å²) in [6, 6.07) is 3.86. The Bertz CT molecular complexity index is 847. The molecule has 1 fully saturated rings. The van der Waals surface area contributed by atoms with E-state index in [1.807, 2.05) is 41.1 Å². The number of anilines is 1. The molecule has 1 atom stereocenters. The van der Waals surface area contributed by atoms with Gasteiger partial charge in [0.2, 0.25) is 0 Å². The lowest BCUT2D eigenvalue weighted by atomic mass is 10.2. The molecule has 1 amide bonds. The molecule has 0 aliphatic carbocycles. The molecule has 1 unspecified atom stereocenters. The van der Waals surface area contributed by atoms with Crippen LogP contribution in [-0.4, -0.2) is 91.7 Å². The van der Waals surface area contributed by atoms with E-state index in [4.69, 9.17) is 9.47 Å². The highest BCUT2D eigenvalue weighted by atomic mass is 32.2. The summed E-state index contributed by atoms with van der Waals surface area (Å²) in [6.45, 7) is 7.85. The lowest BCUT2D eigenvalue weighted by Crippen LogP contribution is -2.40. The third-order valence-corrected chi connectivity index (χ3v) is 5.44. The van der Waals surface area contributed by atoms with Gasteiger partial charge in [-0.05, 0) is 27.0 Å². The maximum atomic E-state index is 12.6. The molecule has 0 spiro atoms. The Morgan fingerprint density at radius 2 is 2.10 bits per heavy atom. The fourth-order valence-corrected chi connectivity index (χ4v) is 3.68. The molecule has 0 N–H and O–H groups in total. The molecule has 9 nitrogen and oxygen atoms in total. The molecular weight excluding hydrogens is 416 g/mol. The van der Waals surface area contributed by atoms with Gasteiger partial charge in [0.1, 0.15) is 17.4 Å². The number of aromatic nitrogens is 1. The average molecular weight is 449 g/mol. The second-order valence-electron chi connectivity index (χ2n) is 8.43. The predicted molar refractivity (Wildman–Crippen MR) is 125 cm³/mol. The van der Waals surface area contributed by atoms with Crippen LogP contribution < -0.4 is 9.64 Å². The Morgan fingerprint density at radius 3 is 2.65 bits per heavy atom. The van der Waals surface area contributed by atoms with Gasteiger partial charge >= 0.3 is 6.09 Å². The van der Waals surface area contributed by atoms with Crippen molar-refractivity contribution < 1.29 is 14.3 Å². The molecule has 0 bridgehead atoms. The van der Waals surface area contributed by atoms with Crippen molar-refractivity contribution in [2.24, 2.45) is 4.99 Å². The maximum Gasteiger partial charge on any atom is 0.410 e. The Kier molecular flexibility index (Phi) is 8.39. The summed E-state index contributed by atoms with van der Waals surface area (Å²) in [5.74, 6) is 1.11. The van der Waals surface area contributed by atoms with Crippen molar-refractivity contribution in [2.45, 2.75) is 31.6 Å². The van der Waals surface area contributed by atoms with Crippen LogP contribution in [0.5, 0.6) is 5.75 Å². The minimum atomic E-state index is -0.548. The Hall–Kier alpha value is -2.67. The normalized spacial score (nSPS) is 17.3. The topological polar surface area (TPSA) is 94.3 Å². The fraction of sp³-hybridized carbons (Fsp3) is 0.619. The largest absolute Gasteiger partial charge is 0.493 e. The number of hydrogen-bond donors (Lipinski definition) is 0. The quantitative estimate of drug-likeness (QED) is 0.501. The number of methoxy groups -OCH3 is 1. The number of amides is 1. The Morgan fingerprint density at radius 1 is 1.39 bits per heavy atom. The van der Waals surface area contributed by atoms with E-state index in [1.165, 1.54) is 0 Å². The van der Waals surface area contributed by atoms with Crippen molar-refractivity contribution in [1.82, 2.24) is 14.8 Å². The van der Waals surface area contributed by atoms with Gasteiger partial charge in [-0.1, -0.05) is 0 Å². The third-order valence-electron chi connectivity index (χ3n) is 4.47. The zero-order chi connectivity index (χ0) is 23.2. The van der Waals surface area contributed by atoms with E-state index in [9.17, 15) is 10.1 Å². The minimum absolute atomic E-state index is 0.151. The van der Waals surface area contributed by atoms with Gasteiger partial charge in [0, 0.05) is 51.6 Å². The molecule has 1 aromatic heterocycles. The molecule has 1 aliphatic rings. The van der Waals surface area contributed by atoms with Gasteiger partial charge in [0.05, 0.1) is 13.4 Å². The highest BCUT2D eigenvalue weighted by molar-refractivity contribution is 7.99. The molecule has 0 saturated carbocycles. The number of thioether (sulfide) groups is 1. The van der Waals surface area contributed by atoms with E-state index in [1.54, 1.807) is 41.1 Å². The minimum Gasteiger partial charge on any atom is -0.493 e. The summed E-state index contributed by atoms with van der Waals surface area (Å²) < 4.78 is 11.1. The summed E-state index contributed by atoms with van der Waals surface area (Å²) in [6.07, 6.45) is 3.32. The molecule has 1 aromatic rings. The lowest BCUT2D eigenvalue weighted by Gasteiger charge is -2.27. The molecule has 1 saturated heterocycles. The SMILES string of the molecule is COc1cc(N=CN(C)C)c(C#N)nc1N1CCN(C(=O)OC(C)(C)C)CC(SC)C1. The molecule has 0 radical (unpaired) electrons. The van der Waals surface area contributed by atoms with Gasteiger partial charge in [-0.2, -0.15) is 17.0 Å². The number of nitriles is 1. The zero-order valence-corrected chi connectivity index (χ0v) is 20.2. The van der Waals surface area contributed by atoms with Crippen molar-refractivity contribution in [1.29, 1.82) is 5.26 Å². The first-order valence-electron chi connectivity index (χ1n) is 10.0. The number of hydrogen-bond acceptors (Lipinski definition) is 8. The second-order valence-corrected chi connectivity index (χ2v) is 9.57. The smallest absolute Gasteiger partial charge is 0.410 e. The van der Waals surface area contributed by atoms with Crippen LogP contribution in [0.25, 0.3) is 0 Å². The molecule has 2 heterocycles. The monoisotopic (exact) mass is 448 g/mol. The maximum absolute atomic E-state index is 12.6. The highest BCUT2D eigenvalue weighted by Gasteiger charge is 2.30.